The second-order valence-corrected chi connectivity index (χ2v) is 8.56. The van der Waals surface area contributed by atoms with Crippen LogP contribution in [0.1, 0.15) is 25.0 Å². The van der Waals surface area contributed by atoms with Gasteiger partial charge in [0.25, 0.3) is 0 Å². The molecule has 2 heterocycles. The fraction of sp³-hybridized carbons (Fsp3) is 0.400. The Morgan fingerprint density at radius 3 is 2.54 bits per heavy atom. The van der Waals surface area contributed by atoms with Gasteiger partial charge in [0.15, 0.2) is 0 Å². The van der Waals surface area contributed by atoms with Crippen molar-refractivity contribution in [3.05, 3.63) is 53.7 Å². The van der Waals surface area contributed by atoms with Gasteiger partial charge < -0.3 is 9.64 Å². The van der Waals surface area contributed by atoms with Crippen LogP contribution in [0.15, 0.2) is 47.5 Å². The van der Waals surface area contributed by atoms with E-state index in [2.05, 4.69) is 18.8 Å². The van der Waals surface area contributed by atoms with Gasteiger partial charge in [-0.05, 0) is 23.8 Å². The number of rotatable bonds is 6. The molecule has 8 heteroatoms. The molecule has 3 rings (SSSR count). The molecule has 0 bridgehead atoms. The van der Waals surface area contributed by atoms with E-state index in [0.717, 1.165) is 28.8 Å². The summed E-state index contributed by atoms with van der Waals surface area (Å²) in [6, 6.07) is 9.69. The summed E-state index contributed by atoms with van der Waals surface area (Å²) in [5.74, 6) is -0.105. The molecule has 28 heavy (non-hydrogen) atoms. The van der Waals surface area contributed by atoms with E-state index in [-0.39, 0.29) is 17.9 Å². The second-order valence-electron chi connectivity index (χ2n) is 6.91. The minimum Gasteiger partial charge on any atom is -0.471 e. The number of hydrogen-bond acceptors (Lipinski definition) is 4. The molecule has 1 aliphatic heterocycles. The zero-order chi connectivity index (χ0) is 20.3. The molecule has 0 N–H and O–H groups in total. The summed E-state index contributed by atoms with van der Waals surface area (Å²) in [4.78, 5) is 19.0. The standard InChI is InChI=1S/C20H21F3N2O2S/c1-13(2)28-17-5-3-14(4-6-17)9-19(26)25-11-16(12-25)27-18-10-15(7-8-24-18)20(21,22)23/h3-8,10,13,16H,9,11-12H2,1-2H3. The Balaban J connectivity index is 1.48. The molecule has 1 amide bonds. The smallest absolute Gasteiger partial charge is 0.416 e. The summed E-state index contributed by atoms with van der Waals surface area (Å²) in [5, 5.41) is 0.497. The van der Waals surface area contributed by atoms with Crippen molar-refractivity contribution in [2.75, 3.05) is 13.1 Å². The summed E-state index contributed by atoms with van der Waals surface area (Å²) >= 11 is 1.76. The third kappa shape index (κ3) is 5.41. The number of nitrogens with zero attached hydrogens (tertiary/aromatic N) is 2. The quantitative estimate of drug-likeness (QED) is 0.661. The zero-order valence-electron chi connectivity index (χ0n) is 15.6. The van der Waals surface area contributed by atoms with E-state index in [1.807, 2.05) is 24.3 Å². The molecule has 0 unspecified atom stereocenters. The van der Waals surface area contributed by atoms with Gasteiger partial charge >= 0.3 is 6.18 Å². The highest BCUT2D eigenvalue weighted by Gasteiger charge is 2.34. The van der Waals surface area contributed by atoms with Gasteiger partial charge in [0.2, 0.25) is 11.8 Å². The van der Waals surface area contributed by atoms with E-state index >= 15 is 0 Å². The van der Waals surface area contributed by atoms with Gasteiger partial charge in [0.1, 0.15) is 6.10 Å². The lowest BCUT2D eigenvalue weighted by molar-refractivity contribution is -0.139. The molecule has 1 aromatic carbocycles. The summed E-state index contributed by atoms with van der Waals surface area (Å²) in [5.41, 5.74) is 0.130. The van der Waals surface area contributed by atoms with Gasteiger partial charge in [-0.3, -0.25) is 4.79 Å². The van der Waals surface area contributed by atoms with Gasteiger partial charge in [-0.1, -0.05) is 26.0 Å². The molecular formula is C20H21F3N2O2S. The zero-order valence-corrected chi connectivity index (χ0v) is 16.4. The Labute approximate surface area is 166 Å². The number of pyridine rings is 1. The number of amides is 1. The highest BCUT2D eigenvalue weighted by molar-refractivity contribution is 7.99. The number of carbonyl (C=O) groups is 1. The lowest BCUT2D eigenvalue weighted by Crippen LogP contribution is -2.56. The van der Waals surface area contributed by atoms with Crippen molar-refractivity contribution in [1.29, 1.82) is 0 Å². The van der Waals surface area contributed by atoms with Crippen molar-refractivity contribution in [3.63, 3.8) is 0 Å². The first kappa shape index (κ1) is 20.5. The van der Waals surface area contributed by atoms with E-state index in [1.54, 1.807) is 16.7 Å². The molecule has 0 spiro atoms. The SMILES string of the molecule is CC(C)Sc1ccc(CC(=O)N2CC(Oc3cc(C(F)(F)F)ccn3)C2)cc1. The summed E-state index contributed by atoms with van der Waals surface area (Å²) in [7, 11) is 0. The fourth-order valence-corrected chi connectivity index (χ4v) is 3.62. The largest absolute Gasteiger partial charge is 0.471 e. The number of thioether (sulfide) groups is 1. The van der Waals surface area contributed by atoms with E-state index < -0.39 is 11.7 Å². The maximum absolute atomic E-state index is 12.7. The van der Waals surface area contributed by atoms with Gasteiger partial charge in [0.05, 0.1) is 25.1 Å². The number of ether oxygens (including phenoxy) is 1. The van der Waals surface area contributed by atoms with Crippen LogP contribution in [0.5, 0.6) is 5.88 Å². The number of aromatic nitrogens is 1. The molecule has 0 atom stereocenters. The number of likely N-dealkylation sites (tertiary alicyclic amines) is 1. The van der Waals surface area contributed by atoms with Crippen LogP contribution in [0.3, 0.4) is 0 Å². The number of carbonyl (C=O) groups excluding carboxylic acids is 1. The Bertz CT molecular complexity index is 819. The number of benzene rings is 1. The Kier molecular flexibility index (Phi) is 6.17. The average Bonchev–Trinajstić information content (AvgIpc) is 2.58. The Morgan fingerprint density at radius 1 is 1.25 bits per heavy atom. The van der Waals surface area contributed by atoms with E-state index in [4.69, 9.17) is 4.74 Å². The van der Waals surface area contributed by atoms with E-state index in [1.165, 1.54) is 0 Å². The summed E-state index contributed by atoms with van der Waals surface area (Å²) in [6.45, 7) is 4.94. The monoisotopic (exact) mass is 410 g/mol. The molecule has 0 aliphatic carbocycles. The highest BCUT2D eigenvalue weighted by Crippen LogP contribution is 2.31. The van der Waals surface area contributed by atoms with Crippen LogP contribution in [0, 0.1) is 0 Å². The molecule has 1 fully saturated rings. The van der Waals surface area contributed by atoms with Crippen LogP contribution in [0.4, 0.5) is 13.2 Å². The van der Waals surface area contributed by atoms with Gasteiger partial charge in [-0.25, -0.2) is 4.98 Å². The predicted molar refractivity (Wildman–Crippen MR) is 101 cm³/mol. The van der Waals surface area contributed by atoms with Gasteiger partial charge in [0, 0.05) is 22.4 Å². The first-order valence-electron chi connectivity index (χ1n) is 8.94. The predicted octanol–water partition coefficient (Wildman–Crippen LogP) is 4.43. The number of alkyl halides is 3. The van der Waals surface area contributed by atoms with Crippen LogP contribution in [0.25, 0.3) is 0 Å². The molecule has 1 aliphatic rings. The molecule has 0 saturated carbocycles. The van der Waals surface area contributed by atoms with E-state index in [9.17, 15) is 18.0 Å². The number of hydrogen-bond donors (Lipinski definition) is 0. The number of halogens is 3. The maximum atomic E-state index is 12.7. The van der Waals surface area contributed by atoms with Gasteiger partial charge in [-0.15, -0.1) is 11.8 Å². The average molecular weight is 410 g/mol. The molecule has 150 valence electrons. The normalized spacial score (nSPS) is 14.9. The van der Waals surface area contributed by atoms with E-state index in [0.29, 0.717) is 24.8 Å². The third-order valence-electron chi connectivity index (χ3n) is 4.20. The third-order valence-corrected chi connectivity index (χ3v) is 5.22. The summed E-state index contributed by atoms with van der Waals surface area (Å²) in [6.07, 6.45) is -3.42. The molecule has 0 radical (unpaired) electrons. The van der Waals surface area contributed by atoms with Crippen molar-refractivity contribution >= 4 is 17.7 Å². The fourth-order valence-electron chi connectivity index (χ4n) is 2.78. The highest BCUT2D eigenvalue weighted by atomic mass is 32.2. The van der Waals surface area contributed by atoms with Crippen LogP contribution in [-0.2, 0) is 17.4 Å². The van der Waals surface area contributed by atoms with Crippen LogP contribution in [-0.4, -0.2) is 40.2 Å². The van der Waals surface area contributed by atoms with Crippen molar-refractivity contribution in [2.45, 2.75) is 42.7 Å². The van der Waals surface area contributed by atoms with Gasteiger partial charge in [-0.2, -0.15) is 13.2 Å². The van der Waals surface area contributed by atoms with Crippen molar-refractivity contribution in [1.82, 2.24) is 9.88 Å². The lowest BCUT2D eigenvalue weighted by Gasteiger charge is -2.38. The van der Waals surface area contributed by atoms with Crippen molar-refractivity contribution in [3.8, 4) is 5.88 Å². The topological polar surface area (TPSA) is 42.4 Å². The second kappa shape index (κ2) is 8.43. The maximum Gasteiger partial charge on any atom is 0.416 e. The lowest BCUT2D eigenvalue weighted by atomic mass is 10.1. The first-order chi connectivity index (χ1) is 13.2. The Morgan fingerprint density at radius 2 is 1.93 bits per heavy atom. The van der Waals surface area contributed by atoms with Crippen molar-refractivity contribution < 1.29 is 22.7 Å². The van der Waals surface area contributed by atoms with Crippen LogP contribution < -0.4 is 4.74 Å². The molecular weight excluding hydrogens is 389 g/mol. The van der Waals surface area contributed by atoms with Crippen molar-refractivity contribution in [2.24, 2.45) is 0 Å². The molecule has 1 aromatic heterocycles. The molecule has 4 nitrogen and oxygen atoms in total. The minimum absolute atomic E-state index is 0.0267. The van der Waals surface area contributed by atoms with Crippen LogP contribution >= 0.6 is 11.8 Å². The summed E-state index contributed by atoms with van der Waals surface area (Å²) < 4.78 is 43.6. The van der Waals surface area contributed by atoms with Crippen LogP contribution in [0.2, 0.25) is 0 Å². The Hall–Kier alpha value is -2.22. The molecule has 2 aromatic rings. The first-order valence-corrected chi connectivity index (χ1v) is 9.82. The minimum atomic E-state index is -4.44. The molecule has 1 saturated heterocycles.